The monoisotopic (exact) mass is 221 g/mol. The molecule has 0 aromatic heterocycles. The smallest absolute Gasteiger partial charge is 0.311 e. The highest BCUT2D eigenvalue weighted by atomic mass is 16.4. The van der Waals surface area contributed by atoms with Gasteiger partial charge in [0.25, 0.3) is 0 Å². The Balaban J connectivity index is 3.24. The van der Waals surface area contributed by atoms with Crippen LogP contribution in [0.15, 0.2) is 24.3 Å². The summed E-state index contributed by atoms with van der Waals surface area (Å²) in [5, 5.41) is 9.28. The van der Waals surface area contributed by atoms with Crippen LogP contribution >= 0.6 is 0 Å². The first-order valence-corrected chi connectivity index (χ1v) is 5.44. The number of carbonyl (C=O) groups is 1. The lowest BCUT2D eigenvalue weighted by Gasteiger charge is -2.23. The summed E-state index contributed by atoms with van der Waals surface area (Å²) in [6.07, 6.45) is 0. The zero-order valence-corrected chi connectivity index (χ0v) is 10.3. The van der Waals surface area contributed by atoms with Crippen molar-refractivity contribution >= 4 is 11.7 Å². The highest BCUT2D eigenvalue weighted by Crippen LogP contribution is 2.31. The summed E-state index contributed by atoms with van der Waals surface area (Å²) >= 11 is 0. The van der Waals surface area contributed by atoms with Gasteiger partial charge in [0.2, 0.25) is 0 Å². The third-order valence-electron chi connectivity index (χ3n) is 2.69. The minimum Gasteiger partial charge on any atom is -0.481 e. The second-order valence-corrected chi connectivity index (χ2v) is 4.51. The van der Waals surface area contributed by atoms with Crippen molar-refractivity contribution < 1.29 is 9.90 Å². The summed E-state index contributed by atoms with van der Waals surface area (Å²) < 4.78 is 0. The highest BCUT2D eigenvalue weighted by molar-refractivity contribution is 5.79. The van der Waals surface area contributed by atoms with Crippen molar-refractivity contribution in [2.45, 2.75) is 19.8 Å². The summed E-state index contributed by atoms with van der Waals surface area (Å²) in [6.45, 7) is 3.87. The average molecular weight is 221 g/mol. The highest BCUT2D eigenvalue weighted by Gasteiger charge is 2.26. The lowest BCUT2D eigenvalue weighted by molar-refractivity contribution is -0.139. The molecular formula is C13H19NO2. The van der Waals surface area contributed by atoms with Crippen LogP contribution in [0.5, 0.6) is 0 Å². The predicted molar refractivity (Wildman–Crippen MR) is 66.0 cm³/mol. The maximum atomic E-state index is 11.3. The van der Waals surface area contributed by atoms with E-state index in [2.05, 4.69) is 0 Å². The predicted octanol–water partition coefficient (Wildman–Crippen LogP) is 2.58. The zero-order chi connectivity index (χ0) is 12.3. The van der Waals surface area contributed by atoms with Gasteiger partial charge in [0.15, 0.2) is 0 Å². The summed E-state index contributed by atoms with van der Waals surface area (Å²) in [4.78, 5) is 13.2. The molecule has 3 heteroatoms. The van der Waals surface area contributed by atoms with Gasteiger partial charge in [0, 0.05) is 19.8 Å². The average Bonchev–Trinajstić information content (AvgIpc) is 2.17. The number of carboxylic acids is 1. The maximum Gasteiger partial charge on any atom is 0.311 e. The van der Waals surface area contributed by atoms with Crippen LogP contribution in [0.2, 0.25) is 0 Å². The van der Waals surface area contributed by atoms with Crippen LogP contribution in [0.3, 0.4) is 0 Å². The standard InChI is InChI=1S/C13H19NO2/c1-9(2)12(13(15)16)10-7-5-6-8-11(10)14(3)4/h5-9,12H,1-4H3,(H,15,16). The van der Waals surface area contributed by atoms with Crippen LogP contribution in [0.1, 0.15) is 25.3 Å². The Morgan fingerprint density at radius 1 is 1.25 bits per heavy atom. The Morgan fingerprint density at radius 2 is 1.81 bits per heavy atom. The van der Waals surface area contributed by atoms with E-state index in [0.717, 1.165) is 11.3 Å². The molecule has 1 aromatic carbocycles. The van der Waals surface area contributed by atoms with Crippen molar-refractivity contribution in [2.24, 2.45) is 5.92 Å². The number of hydrogen-bond donors (Lipinski definition) is 1. The molecular weight excluding hydrogens is 202 g/mol. The molecule has 0 amide bonds. The van der Waals surface area contributed by atoms with E-state index in [4.69, 9.17) is 0 Å². The molecule has 0 saturated carbocycles. The molecule has 0 bridgehead atoms. The molecule has 16 heavy (non-hydrogen) atoms. The molecule has 1 rings (SSSR count). The SMILES string of the molecule is CC(C)C(C(=O)O)c1ccccc1N(C)C. The number of aliphatic carboxylic acids is 1. The minimum atomic E-state index is -0.760. The van der Waals surface area contributed by atoms with E-state index in [1.807, 2.05) is 57.1 Å². The molecule has 0 spiro atoms. The fraction of sp³-hybridized carbons (Fsp3) is 0.462. The van der Waals surface area contributed by atoms with E-state index in [0.29, 0.717) is 0 Å². The van der Waals surface area contributed by atoms with Gasteiger partial charge in [-0.25, -0.2) is 0 Å². The number of hydrogen-bond acceptors (Lipinski definition) is 2. The molecule has 0 saturated heterocycles. The van der Waals surface area contributed by atoms with Gasteiger partial charge < -0.3 is 10.0 Å². The number of nitrogens with zero attached hydrogens (tertiary/aromatic N) is 1. The Kier molecular flexibility index (Phi) is 3.93. The lowest BCUT2D eigenvalue weighted by Crippen LogP contribution is -2.21. The molecule has 0 heterocycles. The second-order valence-electron chi connectivity index (χ2n) is 4.51. The van der Waals surface area contributed by atoms with Crippen LogP contribution in [-0.4, -0.2) is 25.2 Å². The molecule has 0 aliphatic carbocycles. The van der Waals surface area contributed by atoms with Gasteiger partial charge in [-0.2, -0.15) is 0 Å². The molecule has 1 atom stereocenters. The summed E-state index contributed by atoms with van der Waals surface area (Å²) in [7, 11) is 3.86. The van der Waals surface area contributed by atoms with Gasteiger partial charge in [0.1, 0.15) is 0 Å². The van der Waals surface area contributed by atoms with Gasteiger partial charge >= 0.3 is 5.97 Å². The van der Waals surface area contributed by atoms with Crippen LogP contribution < -0.4 is 4.90 Å². The Bertz CT molecular complexity index is 372. The van der Waals surface area contributed by atoms with Gasteiger partial charge in [-0.1, -0.05) is 32.0 Å². The number of carboxylic acid groups (broad SMARTS) is 1. The first-order valence-electron chi connectivity index (χ1n) is 5.44. The largest absolute Gasteiger partial charge is 0.481 e. The van der Waals surface area contributed by atoms with Crippen molar-refractivity contribution in [3.63, 3.8) is 0 Å². The first kappa shape index (κ1) is 12.6. The summed E-state index contributed by atoms with van der Waals surface area (Å²) in [5.41, 5.74) is 1.86. The number of benzene rings is 1. The summed E-state index contributed by atoms with van der Waals surface area (Å²) in [5.74, 6) is -1.12. The van der Waals surface area contributed by atoms with Crippen molar-refractivity contribution in [1.29, 1.82) is 0 Å². The fourth-order valence-electron chi connectivity index (χ4n) is 1.94. The van der Waals surface area contributed by atoms with Crippen molar-refractivity contribution in [3.8, 4) is 0 Å². The van der Waals surface area contributed by atoms with E-state index < -0.39 is 11.9 Å². The molecule has 88 valence electrons. The van der Waals surface area contributed by atoms with E-state index in [-0.39, 0.29) is 5.92 Å². The second kappa shape index (κ2) is 5.01. The van der Waals surface area contributed by atoms with E-state index in [9.17, 15) is 9.90 Å². The van der Waals surface area contributed by atoms with Crippen LogP contribution in [0, 0.1) is 5.92 Å². The molecule has 0 aliphatic heterocycles. The van der Waals surface area contributed by atoms with Crippen LogP contribution in [0.25, 0.3) is 0 Å². The first-order chi connectivity index (χ1) is 7.45. The van der Waals surface area contributed by atoms with Gasteiger partial charge in [0.05, 0.1) is 5.92 Å². The fourth-order valence-corrected chi connectivity index (χ4v) is 1.94. The molecule has 0 fully saturated rings. The van der Waals surface area contributed by atoms with Crippen molar-refractivity contribution in [1.82, 2.24) is 0 Å². The number of para-hydroxylation sites is 1. The van der Waals surface area contributed by atoms with Gasteiger partial charge in [-0.3, -0.25) is 4.79 Å². The third kappa shape index (κ3) is 2.54. The quantitative estimate of drug-likeness (QED) is 0.849. The van der Waals surface area contributed by atoms with Crippen molar-refractivity contribution in [2.75, 3.05) is 19.0 Å². The van der Waals surface area contributed by atoms with Crippen LogP contribution in [0.4, 0.5) is 5.69 Å². The summed E-state index contributed by atoms with van der Waals surface area (Å²) in [6, 6.07) is 7.67. The Labute approximate surface area is 96.7 Å². The topological polar surface area (TPSA) is 40.5 Å². The molecule has 1 unspecified atom stereocenters. The van der Waals surface area contributed by atoms with Crippen molar-refractivity contribution in [3.05, 3.63) is 29.8 Å². The zero-order valence-electron chi connectivity index (χ0n) is 10.3. The minimum absolute atomic E-state index is 0.0820. The number of anilines is 1. The van der Waals surface area contributed by atoms with E-state index in [1.54, 1.807) is 0 Å². The van der Waals surface area contributed by atoms with E-state index >= 15 is 0 Å². The Hall–Kier alpha value is -1.51. The molecule has 1 aromatic rings. The lowest BCUT2D eigenvalue weighted by atomic mass is 9.87. The molecule has 3 nitrogen and oxygen atoms in total. The maximum absolute atomic E-state index is 11.3. The molecule has 0 aliphatic rings. The molecule has 1 N–H and O–H groups in total. The van der Waals surface area contributed by atoms with Crippen LogP contribution in [-0.2, 0) is 4.79 Å². The normalized spacial score (nSPS) is 12.6. The van der Waals surface area contributed by atoms with Gasteiger partial charge in [-0.15, -0.1) is 0 Å². The van der Waals surface area contributed by atoms with E-state index in [1.165, 1.54) is 0 Å². The number of rotatable bonds is 4. The molecule has 0 radical (unpaired) electrons. The van der Waals surface area contributed by atoms with Gasteiger partial charge in [-0.05, 0) is 17.5 Å². The Morgan fingerprint density at radius 3 is 2.25 bits per heavy atom. The third-order valence-corrected chi connectivity index (χ3v) is 2.69.